The third-order valence-corrected chi connectivity index (χ3v) is 7.21. The van der Waals surface area contributed by atoms with Crippen molar-refractivity contribution in [3.63, 3.8) is 0 Å². The Balaban J connectivity index is 1.29. The minimum Gasteiger partial charge on any atom is -0.483 e. The van der Waals surface area contributed by atoms with Gasteiger partial charge in [-0.1, -0.05) is 78.4 Å². The molecule has 0 aromatic heterocycles. The summed E-state index contributed by atoms with van der Waals surface area (Å²) in [5.74, 6) is -0.193. The molecule has 6 nitrogen and oxygen atoms in total. The van der Waals surface area contributed by atoms with Crippen molar-refractivity contribution >= 4 is 51.4 Å². The molecule has 1 saturated heterocycles. The van der Waals surface area contributed by atoms with E-state index in [0.717, 1.165) is 44.9 Å². The minimum atomic E-state index is -0.352. The van der Waals surface area contributed by atoms with Crippen molar-refractivity contribution in [3.8, 4) is 5.75 Å². The Morgan fingerprint density at radius 2 is 1.71 bits per heavy atom. The highest BCUT2D eigenvalue weighted by molar-refractivity contribution is 8.18. The van der Waals surface area contributed by atoms with Gasteiger partial charge in [0.1, 0.15) is 5.75 Å². The third kappa shape index (κ3) is 5.48. The summed E-state index contributed by atoms with van der Waals surface area (Å²) in [6, 6.07) is 26.7. The molecule has 0 spiro atoms. The predicted molar refractivity (Wildman–Crippen MR) is 152 cm³/mol. The fraction of sp³-hybridized carbons (Fsp3) is 0.129. The van der Waals surface area contributed by atoms with Crippen LogP contribution in [0.25, 0.3) is 16.8 Å². The molecule has 1 heterocycles. The molecule has 38 heavy (non-hydrogen) atoms. The standard InChI is InChI=1S/C31H26N2O4S/c1-20-14-15-26(21(2)16-20)32-29(34)19-37-27-13-6-4-9-23(27)17-28-30(35)33(31(36)38-28)18-24-11-7-10-22-8-3-5-12-25(22)24/h3-17H,18-19H2,1-2H3,(H,32,34)/b28-17-. The fourth-order valence-corrected chi connectivity index (χ4v) is 5.22. The monoisotopic (exact) mass is 522 g/mol. The largest absolute Gasteiger partial charge is 0.483 e. The number of ether oxygens (including phenoxy) is 1. The maximum absolute atomic E-state index is 13.2. The van der Waals surface area contributed by atoms with Crippen molar-refractivity contribution in [2.24, 2.45) is 0 Å². The number of aryl methyl sites for hydroxylation is 2. The summed E-state index contributed by atoms with van der Waals surface area (Å²) >= 11 is 0.903. The van der Waals surface area contributed by atoms with Crippen LogP contribution in [0.1, 0.15) is 22.3 Å². The first kappa shape index (κ1) is 25.3. The Labute approximate surface area is 225 Å². The summed E-state index contributed by atoms with van der Waals surface area (Å²) < 4.78 is 5.80. The zero-order chi connectivity index (χ0) is 26.6. The molecular weight excluding hydrogens is 496 g/mol. The van der Waals surface area contributed by atoms with Gasteiger partial charge in [0, 0.05) is 11.3 Å². The second kappa shape index (κ2) is 10.9. The number of hydrogen-bond donors (Lipinski definition) is 1. The van der Waals surface area contributed by atoms with E-state index < -0.39 is 0 Å². The van der Waals surface area contributed by atoms with Gasteiger partial charge in [-0.05, 0) is 65.7 Å². The molecule has 1 aliphatic heterocycles. The molecule has 4 aromatic rings. The van der Waals surface area contributed by atoms with Crippen LogP contribution in [0.3, 0.4) is 0 Å². The first-order chi connectivity index (χ1) is 18.4. The number of carbonyl (C=O) groups excluding carboxylic acids is 3. The lowest BCUT2D eigenvalue weighted by Gasteiger charge is -2.14. The van der Waals surface area contributed by atoms with Crippen LogP contribution in [0, 0.1) is 13.8 Å². The maximum atomic E-state index is 13.2. The van der Waals surface area contributed by atoms with E-state index in [-0.39, 0.29) is 30.2 Å². The normalized spacial score (nSPS) is 14.4. The molecule has 1 N–H and O–H groups in total. The van der Waals surface area contributed by atoms with E-state index in [0.29, 0.717) is 16.2 Å². The first-order valence-corrected chi connectivity index (χ1v) is 13.0. The Morgan fingerprint density at radius 1 is 0.947 bits per heavy atom. The van der Waals surface area contributed by atoms with Gasteiger partial charge in [-0.15, -0.1) is 0 Å². The average molecular weight is 523 g/mol. The van der Waals surface area contributed by atoms with Crippen LogP contribution in [0.2, 0.25) is 0 Å². The highest BCUT2D eigenvalue weighted by atomic mass is 32.2. The molecular formula is C31H26N2O4S. The predicted octanol–water partition coefficient (Wildman–Crippen LogP) is 6.71. The summed E-state index contributed by atoms with van der Waals surface area (Å²) in [5.41, 5.74) is 4.34. The summed E-state index contributed by atoms with van der Waals surface area (Å²) in [6.45, 7) is 3.93. The lowest BCUT2D eigenvalue weighted by Crippen LogP contribution is -2.27. The lowest BCUT2D eigenvalue weighted by molar-refractivity contribution is -0.123. The summed E-state index contributed by atoms with van der Waals surface area (Å²) in [5, 5.41) is 4.61. The van der Waals surface area contributed by atoms with Crippen LogP contribution in [0.15, 0.2) is 89.8 Å². The molecule has 4 aromatic carbocycles. The van der Waals surface area contributed by atoms with Gasteiger partial charge in [0.15, 0.2) is 6.61 Å². The van der Waals surface area contributed by atoms with Gasteiger partial charge in [-0.3, -0.25) is 19.3 Å². The number of fused-ring (bicyclic) bond motifs is 1. The Kier molecular flexibility index (Phi) is 7.29. The number of benzene rings is 4. The molecule has 3 amide bonds. The van der Waals surface area contributed by atoms with Crippen LogP contribution >= 0.6 is 11.8 Å². The van der Waals surface area contributed by atoms with E-state index in [2.05, 4.69) is 5.32 Å². The van der Waals surface area contributed by atoms with Crippen molar-refractivity contribution in [2.45, 2.75) is 20.4 Å². The van der Waals surface area contributed by atoms with Crippen LogP contribution in [0.4, 0.5) is 10.5 Å². The van der Waals surface area contributed by atoms with Gasteiger partial charge >= 0.3 is 0 Å². The quantitative estimate of drug-likeness (QED) is 0.273. The highest BCUT2D eigenvalue weighted by Crippen LogP contribution is 2.35. The Hall–Kier alpha value is -4.36. The molecule has 0 saturated carbocycles. The smallest absolute Gasteiger partial charge is 0.293 e. The molecule has 1 fully saturated rings. The number of nitrogens with one attached hydrogen (secondary N) is 1. The molecule has 7 heteroatoms. The van der Waals surface area contributed by atoms with E-state index in [4.69, 9.17) is 4.74 Å². The number of amides is 3. The van der Waals surface area contributed by atoms with Gasteiger partial charge in [0.2, 0.25) is 0 Å². The summed E-state index contributed by atoms with van der Waals surface area (Å²) in [4.78, 5) is 40.1. The number of imide groups is 1. The first-order valence-electron chi connectivity index (χ1n) is 12.2. The molecule has 0 radical (unpaired) electrons. The zero-order valence-corrected chi connectivity index (χ0v) is 21.9. The SMILES string of the molecule is Cc1ccc(NC(=O)COc2ccccc2/C=C2\SC(=O)N(Cc3cccc4ccccc34)C2=O)c(C)c1. The number of hydrogen-bond acceptors (Lipinski definition) is 5. The third-order valence-electron chi connectivity index (χ3n) is 6.30. The summed E-state index contributed by atoms with van der Waals surface area (Å²) in [6.07, 6.45) is 1.64. The number of rotatable bonds is 7. The molecule has 0 atom stereocenters. The van der Waals surface area contributed by atoms with Crippen molar-refractivity contribution in [1.29, 1.82) is 0 Å². The molecule has 0 aliphatic carbocycles. The van der Waals surface area contributed by atoms with Crippen molar-refractivity contribution in [3.05, 3.63) is 112 Å². The van der Waals surface area contributed by atoms with Gasteiger partial charge in [0.25, 0.3) is 17.1 Å². The average Bonchev–Trinajstić information content (AvgIpc) is 3.17. The lowest BCUT2D eigenvalue weighted by atomic mass is 10.0. The number of carbonyl (C=O) groups is 3. The second-order valence-corrected chi connectivity index (χ2v) is 10.1. The van der Waals surface area contributed by atoms with E-state index in [9.17, 15) is 14.4 Å². The number of para-hydroxylation sites is 1. The molecule has 1 aliphatic rings. The van der Waals surface area contributed by atoms with Gasteiger partial charge in [-0.2, -0.15) is 0 Å². The van der Waals surface area contributed by atoms with Crippen LogP contribution < -0.4 is 10.1 Å². The zero-order valence-electron chi connectivity index (χ0n) is 21.1. The van der Waals surface area contributed by atoms with E-state index in [1.165, 1.54) is 4.90 Å². The van der Waals surface area contributed by atoms with Crippen LogP contribution in [-0.4, -0.2) is 28.6 Å². The Bertz CT molecular complexity index is 1590. The van der Waals surface area contributed by atoms with E-state index in [1.807, 2.05) is 80.6 Å². The second-order valence-electron chi connectivity index (χ2n) is 9.10. The van der Waals surface area contributed by atoms with E-state index in [1.54, 1.807) is 24.3 Å². The van der Waals surface area contributed by atoms with E-state index >= 15 is 0 Å². The van der Waals surface area contributed by atoms with Gasteiger partial charge in [0.05, 0.1) is 11.4 Å². The highest BCUT2D eigenvalue weighted by Gasteiger charge is 2.35. The van der Waals surface area contributed by atoms with Crippen molar-refractivity contribution in [1.82, 2.24) is 4.90 Å². The number of anilines is 1. The molecule has 0 unspecified atom stereocenters. The number of thioether (sulfide) groups is 1. The maximum Gasteiger partial charge on any atom is 0.293 e. The topological polar surface area (TPSA) is 75.7 Å². The van der Waals surface area contributed by atoms with Gasteiger partial charge in [-0.25, -0.2) is 0 Å². The minimum absolute atomic E-state index is 0.194. The van der Waals surface area contributed by atoms with Gasteiger partial charge < -0.3 is 10.1 Å². The number of nitrogens with zero attached hydrogens (tertiary/aromatic N) is 1. The van der Waals surface area contributed by atoms with Crippen LogP contribution in [0.5, 0.6) is 5.75 Å². The molecule has 0 bridgehead atoms. The van der Waals surface area contributed by atoms with Crippen LogP contribution in [-0.2, 0) is 16.1 Å². The van der Waals surface area contributed by atoms with Crippen molar-refractivity contribution < 1.29 is 19.1 Å². The molecule has 5 rings (SSSR count). The van der Waals surface area contributed by atoms with Crippen molar-refractivity contribution in [2.75, 3.05) is 11.9 Å². The summed E-state index contributed by atoms with van der Waals surface area (Å²) in [7, 11) is 0. The fourth-order valence-electron chi connectivity index (χ4n) is 4.39. The Morgan fingerprint density at radius 3 is 2.55 bits per heavy atom. The molecule has 190 valence electrons.